The van der Waals surface area contributed by atoms with Crippen LogP contribution in [-0.4, -0.2) is 6.61 Å². The van der Waals surface area contributed by atoms with E-state index < -0.39 is 0 Å². The van der Waals surface area contributed by atoms with E-state index in [1.807, 2.05) is 24.3 Å². The summed E-state index contributed by atoms with van der Waals surface area (Å²) in [5.41, 5.74) is 0.115. The van der Waals surface area contributed by atoms with Crippen LogP contribution in [0.2, 0.25) is 0 Å². The van der Waals surface area contributed by atoms with Gasteiger partial charge in [0.2, 0.25) is 0 Å². The Morgan fingerprint density at radius 1 is 0.794 bits per heavy atom. The number of unbranched alkanes of at least 4 members (excludes halogenated alkanes) is 1. The van der Waals surface area contributed by atoms with Crippen molar-refractivity contribution in [2.24, 2.45) is 5.92 Å². The van der Waals surface area contributed by atoms with Crippen molar-refractivity contribution in [3.05, 3.63) is 77.0 Å². The minimum atomic E-state index is 0.115. The molecule has 34 heavy (non-hydrogen) atoms. The topological polar surface area (TPSA) is 26.3 Å². The van der Waals surface area contributed by atoms with Gasteiger partial charge in [0.05, 0.1) is 11.3 Å². The molecule has 0 fully saturated rings. The molecule has 2 nitrogen and oxygen atoms in total. The zero-order valence-corrected chi connectivity index (χ0v) is 20.5. The molecular weight excluding hydrogens is 436 g/mol. The van der Waals surface area contributed by atoms with Crippen LogP contribution in [0, 0.1) is 5.92 Å². The molecule has 6 aromatic rings. The minimum Gasteiger partial charge on any atom is -0.492 e. The van der Waals surface area contributed by atoms with Crippen molar-refractivity contribution < 1.29 is 4.74 Å². The van der Waals surface area contributed by atoms with E-state index in [1.165, 1.54) is 34.7 Å². The lowest BCUT2D eigenvalue weighted by atomic mass is 9.92. The van der Waals surface area contributed by atoms with Crippen LogP contribution in [0.4, 0.5) is 0 Å². The summed E-state index contributed by atoms with van der Waals surface area (Å²) in [4.78, 5) is 13.5. The molecule has 0 radical (unpaired) electrons. The highest BCUT2D eigenvalue weighted by atomic mass is 32.1. The maximum atomic E-state index is 13.5. The molecule has 0 aliphatic carbocycles. The fourth-order valence-electron chi connectivity index (χ4n) is 5.40. The lowest BCUT2D eigenvalue weighted by Crippen LogP contribution is -2.11. The smallest absolute Gasteiger partial charge is 0.194 e. The van der Waals surface area contributed by atoms with Gasteiger partial charge in [0.1, 0.15) is 5.75 Å². The average Bonchev–Trinajstić information content (AvgIpc) is 2.89. The molecular formula is C31H28O2S. The van der Waals surface area contributed by atoms with Gasteiger partial charge < -0.3 is 4.74 Å². The van der Waals surface area contributed by atoms with Gasteiger partial charge in [0, 0.05) is 26.2 Å². The van der Waals surface area contributed by atoms with Crippen LogP contribution in [0.5, 0.6) is 5.75 Å². The lowest BCUT2D eigenvalue weighted by Gasteiger charge is -2.20. The van der Waals surface area contributed by atoms with Crippen molar-refractivity contribution in [2.45, 2.75) is 39.5 Å². The second-order valence-corrected chi connectivity index (χ2v) is 10.4. The van der Waals surface area contributed by atoms with Gasteiger partial charge in [-0.25, -0.2) is 0 Å². The average molecular weight is 465 g/mol. The zero-order valence-electron chi connectivity index (χ0n) is 19.7. The van der Waals surface area contributed by atoms with Gasteiger partial charge in [0.15, 0.2) is 5.43 Å². The van der Waals surface area contributed by atoms with E-state index in [0.29, 0.717) is 5.92 Å². The molecule has 1 heterocycles. The molecule has 0 aliphatic rings. The summed E-state index contributed by atoms with van der Waals surface area (Å²) >= 11 is 1.78. The predicted molar refractivity (Wildman–Crippen MR) is 148 cm³/mol. The number of rotatable bonds is 7. The first kappa shape index (κ1) is 21.4. The summed E-state index contributed by atoms with van der Waals surface area (Å²) in [6.45, 7) is 5.24. The van der Waals surface area contributed by atoms with Crippen LogP contribution < -0.4 is 10.2 Å². The van der Waals surface area contributed by atoms with Crippen LogP contribution in [-0.2, 0) is 0 Å². The van der Waals surface area contributed by atoms with E-state index in [2.05, 4.69) is 56.3 Å². The molecule has 1 atom stereocenters. The number of hydrogen-bond donors (Lipinski definition) is 0. The van der Waals surface area contributed by atoms with E-state index in [9.17, 15) is 4.79 Å². The predicted octanol–water partition coefficient (Wildman–Crippen LogP) is 8.91. The Morgan fingerprint density at radius 2 is 1.53 bits per heavy atom. The maximum absolute atomic E-state index is 13.5. The zero-order chi connectivity index (χ0) is 23.2. The Bertz CT molecular complexity index is 1710. The summed E-state index contributed by atoms with van der Waals surface area (Å²) in [6.07, 6.45) is 4.78. The molecule has 0 spiro atoms. The fourth-order valence-corrected chi connectivity index (χ4v) is 6.59. The van der Waals surface area contributed by atoms with Gasteiger partial charge in [-0.05, 0) is 52.1 Å². The molecule has 6 rings (SSSR count). The molecule has 3 heteroatoms. The third-order valence-corrected chi connectivity index (χ3v) is 8.50. The highest BCUT2D eigenvalue weighted by molar-refractivity contribution is 7.25. The van der Waals surface area contributed by atoms with Gasteiger partial charge in [-0.3, -0.25) is 4.79 Å². The number of hydrogen-bond acceptors (Lipinski definition) is 3. The highest BCUT2D eigenvalue weighted by Gasteiger charge is 2.20. The van der Waals surface area contributed by atoms with E-state index >= 15 is 0 Å². The maximum Gasteiger partial charge on any atom is 0.194 e. The number of benzene rings is 5. The number of ether oxygens (including phenoxy) is 1. The van der Waals surface area contributed by atoms with Crippen molar-refractivity contribution in [1.29, 1.82) is 0 Å². The largest absolute Gasteiger partial charge is 0.492 e. The Labute approximate surface area is 203 Å². The summed E-state index contributed by atoms with van der Waals surface area (Å²) in [5, 5.41) is 8.37. The van der Waals surface area contributed by atoms with Crippen LogP contribution in [0.15, 0.2) is 71.5 Å². The molecule has 170 valence electrons. The minimum absolute atomic E-state index is 0.115. The van der Waals surface area contributed by atoms with Gasteiger partial charge in [-0.1, -0.05) is 81.6 Å². The van der Waals surface area contributed by atoms with Crippen LogP contribution in [0.3, 0.4) is 0 Å². The van der Waals surface area contributed by atoms with Crippen molar-refractivity contribution in [1.82, 2.24) is 0 Å². The molecule has 0 amide bonds. The molecule has 0 aliphatic heterocycles. The fraction of sp³-hybridized carbons (Fsp3) is 0.258. The quantitative estimate of drug-likeness (QED) is 0.174. The van der Waals surface area contributed by atoms with Gasteiger partial charge in [-0.15, -0.1) is 11.3 Å². The molecule has 0 saturated heterocycles. The highest BCUT2D eigenvalue weighted by Crippen LogP contribution is 2.46. The normalized spacial score (nSPS) is 13.0. The molecule has 0 N–H and O–H groups in total. The van der Waals surface area contributed by atoms with Crippen LogP contribution in [0.25, 0.3) is 52.5 Å². The van der Waals surface area contributed by atoms with Gasteiger partial charge >= 0.3 is 0 Å². The monoisotopic (exact) mass is 464 g/mol. The molecule has 0 bridgehead atoms. The second kappa shape index (κ2) is 8.56. The lowest BCUT2D eigenvalue weighted by molar-refractivity contribution is 0.236. The third kappa shape index (κ3) is 3.25. The van der Waals surface area contributed by atoms with Crippen molar-refractivity contribution in [3.8, 4) is 5.75 Å². The van der Waals surface area contributed by atoms with Crippen molar-refractivity contribution in [2.75, 3.05) is 6.61 Å². The Kier molecular flexibility index (Phi) is 5.38. The summed E-state index contributed by atoms with van der Waals surface area (Å²) in [6, 6.07) is 22.9. The Balaban J connectivity index is 1.70. The molecule has 1 unspecified atom stereocenters. The molecule has 1 aromatic heterocycles. The summed E-state index contributed by atoms with van der Waals surface area (Å²) in [7, 11) is 0. The van der Waals surface area contributed by atoms with Gasteiger partial charge in [0.25, 0.3) is 0 Å². The van der Waals surface area contributed by atoms with Crippen LogP contribution >= 0.6 is 11.3 Å². The van der Waals surface area contributed by atoms with Crippen molar-refractivity contribution >= 4 is 63.8 Å². The summed E-state index contributed by atoms with van der Waals surface area (Å²) < 4.78 is 9.02. The number of fused-ring (bicyclic) bond motifs is 4. The molecule has 5 aromatic carbocycles. The third-order valence-electron chi connectivity index (χ3n) is 7.31. The van der Waals surface area contributed by atoms with E-state index in [1.54, 1.807) is 11.3 Å². The van der Waals surface area contributed by atoms with E-state index in [-0.39, 0.29) is 5.43 Å². The summed E-state index contributed by atoms with van der Waals surface area (Å²) in [5.74, 6) is 1.50. The first-order valence-electron chi connectivity index (χ1n) is 12.4. The Morgan fingerprint density at radius 3 is 2.32 bits per heavy atom. The van der Waals surface area contributed by atoms with Gasteiger partial charge in [-0.2, -0.15) is 0 Å². The first-order valence-corrected chi connectivity index (χ1v) is 13.2. The van der Waals surface area contributed by atoms with Crippen molar-refractivity contribution in [3.63, 3.8) is 0 Å². The SMILES string of the molecule is CCCCC(CC)COc1cc2c3ccccc3c(=O)c3ccc4c5ccccc5sc1c4c32. The Hall–Kier alpha value is -3.17. The molecule has 0 saturated carbocycles. The second-order valence-electron chi connectivity index (χ2n) is 9.36. The van der Waals surface area contributed by atoms with E-state index in [0.717, 1.165) is 55.8 Å². The van der Waals surface area contributed by atoms with E-state index in [4.69, 9.17) is 4.74 Å². The van der Waals surface area contributed by atoms with Crippen LogP contribution in [0.1, 0.15) is 39.5 Å². The first-order chi connectivity index (χ1) is 16.7. The standard InChI is InChI=1S/C31H28O2S/c1-3-5-10-19(4-2)18-33-26-17-25-20-11-6-7-13-23(20)30(32)24-16-15-22-21-12-8-9-14-27(21)34-31(26)29(22)28(24)25/h6-9,11-17,19H,3-5,10,18H2,1-2H3.